The first-order valence-corrected chi connectivity index (χ1v) is 10.8. The van der Waals surface area contributed by atoms with Crippen molar-refractivity contribution in [1.29, 1.82) is 0 Å². The number of aryl methyl sites for hydroxylation is 1. The Morgan fingerprint density at radius 3 is 2.40 bits per heavy atom. The van der Waals surface area contributed by atoms with Gasteiger partial charge in [0.25, 0.3) is 0 Å². The van der Waals surface area contributed by atoms with Crippen LogP contribution in [0.2, 0.25) is 0 Å². The van der Waals surface area contributed by atoms with Gasteiger partial charge in [-0.25, -0.2) is 22.2 Å². The quantitative estimate of drug-likeness (QED) is 0.620. The van der Waals surface area contributed by atoms with Crippen molar-refractivity contribution in [3.05, 3.63) is 77.9 Å². The highest BCUT2D eigenvalue weighted by Gasteiger charge is 2.22. The van der Waals surface area contributed by atoms with E-state index in [4.69, 9.17) is 0 Å². The first-order valence-electron chi connectivity index (χ1n) is 8.94. The number of amides is 1. The molecule has 0 atom stereocenters. The number of imidazole rings is 1. The normalized spacial score (nSPS) is 11.3. The number of benzene rings is 2. The SMILES string of the molecule is Cc1nccn1-c1ccc(CNC(=O)CN(c2ccc(F)c(F)c2)S(C)(=O)=O)cc1. The Labute approximate surface area is 173 Å². The number of carbonyl (C=O) groups is 1. The van der Waals surface area contributed by atoms with E-state index in [2.05, 4.69) is 10.3 Å². The van der Waals surface area contributed by atoms with Crippen molar-refractivity contribution in [3.63, 3.8) is 0 Å². The van der Waals surface area contributed by atoms with E-state index in [1.807, 2.05) is 42.0 Å². The van der Waals surface area contributed by atoms with Gasteiger partial charge in [0.1, 0.15) is 12.4 Å². The van der Waals surface area contributed by atoms with E-state index in [9.17, 15) is 22.0 Å². The lowest BCUT2D eigenvalue weighted by Gasteiger charge is -2.22. The molecule has 0 aliphatic rings. The van der Waals surface area contributed by atoms with Crippen LogP contribution in [0.1, 0.15) is 11.4 Å². The predicted octanol–water partition coefficient (Wildman–Crippen LogP) is 2.54. The number of hydrogen-bond donors (Lipinski definition) is 1. The fraction of sp³-hybridized carbons (Fsp3) is 0.200. The smallest absolute Gasteiger partial charge is 0.241 e. The molecule has 1 N–H and O–H groups in total. The minimum Gasteiger partial charge on any atom is -0.350 e. The summed E-state index contributed by atoms with van der Waals surface area (Å²) in [5, 5.41) is 2.63. The van der Waals surface area contributed by atoms with Gasteiger partial charge in [-0.3, -0.25) is 9.10 Å². The molecule has 10 heteroatoms. The second kappa shape index (κ2) is 8.62. The van der Waals surface area contributed by atoms with Crippen molar-refractivity contribution in [2.75, 3.05) is 17.1 Å². The molecule has 0 aliphatic heterocycles. The number of hydrogen-bond acceptors (Lipinski definition) is 4. The van der Waals surface area contributed by atoms with Gasteiger partial charge in [-0.2, -0.15) is 0 Å². The number of anilines is 1. The van der Waals surface area contributed by atoms with E-state index < -0.39 is 34.1 Å². The van der Waals surface area contributed by atoms with Crippen LogP contribution in [0, 0.1) is 18.6 Å². The Bertz CT molecular complexity index is 1160. The lowest BCUT2D eigenvalue weighted by atomic mass is 10.2. The average molecular weight is 434 g/mol. The molecule has 1 heterocycles. The minimum absolute atomic E-state index is 0.133. The van der Waals surface area contributed by atoms with Crippen molar-refractivity contribution in [3.8, 4) is 5.69 Å². The van der Waals surface area contributed by atoms with E-state index in [1.165, 1.54) is 0 Å². The van der Waals surface area contributed by atoms with Crippen LogP contribution in [-0.2, 0) is 21.4 Å². The number of sulfonamides is 1. The van der Waals surface area contributed by atoms with E-state index in [-0.39, 0.29) is 12.2 Å². The van der Waals surface area contributed by atoms with Crippen molar-refractivity contribution >= 4 is 21.6 Å². The molecule has 0 saturated carbocycles. The summed E-state index contributed by atoms with van der Waals surface area (Å²) in [5.41, 5.74) is 1.59. The van der Waals surface area contributed by atoms with Crippen LogP contribution in [0.25, 0.3) is 5.69 Å². The van der Waals surface area contributed by atoms with Crippen LogP contribution in [0.5, 0.6) is 0 Å². The summed E-state index contributed by atoms with van der Waals surface area (Å²) in [4.78, 5) is 16.5. The van der Waals surface area contributed by atoms with Crippen LogP contribution in [0.15, 0.2) is 54.9 Å². The lowest BCUT2D eigenvalue weighted by molar-refractivity contribution is -0.119. The predicted molar refractivity (Wildman–Crippen MR) is 109 cm³/mol. The Balaban J connectivity index is 1.66. The molecule has 0 aliphatic carbocycles. The Morgan fingerprint density at radius 2 is 1.83 bits per heavy atom. The van der Waals surface area contributed by atoms with Crippen molar-refractivity contribution in [1.82, 2.24) is 14.9 Å². The third kappa shape index (κ3) is 5.01. The highest BCUT2D eigenvalue weighted by molar-refractivity contribution is 7.92. The van der Waals surface area contributed by atoms with E-state index in [0.717, 1.165) is 45.8 Å². The summed E-state index contributed by atoms with van der Waals surface area (Å²) >= 11 is 0. The van der Waals surface area contributed by atoms with Gasteiger partial charge in [-0.05, 0) is 36.8 Å². The maximum atomic E-state index is 13.5. The summed E-state index contributed by atoms with van der Waals surface area (Å²) in [5.74, 6) is -2.05. The van der Waals surface area contributed by atoms with Crippen LogP contribution in [-0.4, -0.2) is 36.7 Å². The van der Waals surface area contributed by atoms with Crippen molar-refractivity contribution in [2.45, 2.75) is 13.5 Å². The van der Waals surface area contributed by atoms with Crippen molar-refractivity contribution < 1.29 is 22.0 Å². The second-order valence-corrected chi connectivity index (χ2v) is 8.56. The number of halogens is 2. The van der Waals surface area contributed by atoms with Gasteiger partial charge in [0.2, 0.25) is 15.9 Å². The molecule has 2 aromatic carbocycles. The molecule has 3 aromatic rings. The monoisotopic (exact) mass is 434 g/mol. The zero-order valence-electron chi connectivity index (χ0n) is 16.3. The maximum absolute atomic E-state index is 13.5. The molecule has 0 spiro atoms. The molecule has 7 nitrogen and oxygen atoms in total. The molecule has 1 amide bonds. The largest absolute Gasteiger partial charge is 0.350 e. The van der Waals surface area contributed by atoms with Gasteiger partial charge in [0.05, 0.1) is 11.9 Å². The van der Waals surface area contributed by atoms with E-state index in [1.54, 1.807) is 6.20 Å². The molecule has 3 rings (SSSR count). The minimum atomic E-state index is -3.89. The molecule has 30 heavy (non-hydrogen) atoms. The van der Waals surface area contributed by atoms with Gasteiger partial charge in [-0.1, -0.05) is 12.1 Å². The molecule has 0 bridgehead atoms. The number of carbonyl (C=O) groups excluding carboxylic acids is 1. The van der Waals surface area contributed by atoms with Crippen LogP contribution in [0.4, 0.5) is 14.5 Å². The van der Waals surface area contributed by atoms with Gasteiger partial charge in [0.15, 0.2) is 11.6 Å². The summed E-state index contributed by atoms with van der Waals surface area (Å²) in [6.07, 6.45) is 4.42. The third-order valence-corrected chi connectivity index (χ3v) is 5.55. The van der Waals surface area contributed by atoms with Crippen LogP contribution in [0.3, 0.4) is 0 Å². The van der Waals surface area contributed by atoms with Gasteiger partial charge in [0, 0.05) is 30.7 Å². The number of rotatable bonds is 7. The molecular weight excluding hydrogens is 414 g/mol. The Morgan fingerprint density at radius 1 is 1.13 bits per heavy atom. The summed E-state index contributed by atoms with van der Waals surface area (Å²) in [6.45, 7) is 1.50. The molecule has 158 valence electrons. The standard InChI is InChI=1S/C20H20F2N4O3S/c1-14-23-9-10-25(14)16-5-3-15(4-6-16)12-24-20(27)13-26(30(2,28)29)17-7-8-18(21)19(22)11-17/h3-11H,12-13H2,1-2H3,(H,24,27). The molecule has 0 fully saturated rings. The first-order chi connectivity index (χ1) is 14.1. The van der Waals surface area contributed by atoms with Gasteiger partial charge >= 0.3 is 0 Å². The number of nitrogens with zero attached hydrogens (tertiary/aromatic N) is 3. The zero-order chi connectivity index (χ0) is 21.9. The Kier molecular flexibility index (Phi) is 6.16. The van der Waals surface area contributed by atoms with Crippen LogP contribution < -0.4 is 9.62 Å². The first kappa shape index (κ1) is 21.4. The zero-order valence-corrected chi connectivity index (χ0v) is 17.2. The fourth-order valence-corrected chi connectivity index (χ4v) is 3.70. The third-order valence-electron chi connectivity index (χ3n) is 4.41. The van der Waals surface area contributed by atoms with Crippen molar-refractivity contribution in [2.24, 2.45) is 0 Å². The summed E-state index contributed by atoms with van der Waals surface area (Å²) < 4.78 is 53.3. The average Bonchev–Trinajstić information content (AvgIpc) is 3.12. The summed E-state index contributed by atoms with van der Waals surface area (Å²) in [6, 6.07) is 10.1. The van der Waals surface area contributed by atoms with E-state index >= 15 is 0 Å². The molecular formula is C20H20F2N4O3S. The Hall–Kier alpha value is -3.27. The highest BCUT2D eigenvalue weighted by atomic mass is 32.2. The van der Waals surface area contributed by atoms with Gasteiger partial charge in [-0.15, -0.1) is 0 Å². The van der Waals surface area contributed by atoms with E-state index in [0.29, 0.717) is 0 Å². The van der Waals surface area contributed by atoms with Crippen LogP contribution >= 0.6 is 0 Å². The molecule has 1 aromatic heterocycles. The lowest BCUT2D eigenvalue weighted by Crippen LogP contribution is -2.40. The maximum Gasteiger partial charge on any atom is 0.241 e. The topological polar surface area (TPSA) is 84.3 Å². The van der Waals surface area contributed by atoms with Gasteiger partial charge < -0.3 is 9.88 Å². The molecule has 0 saturated heterocycles. The summed E-state index contributed by atoms with van der Waals surface area (Å²) in [7, 11) is -3.89. The fourth-order valence-electron chi connectivity index (χ4n) is 2.85. The number of aromatic nitrogens is 2. The second-order valence-electron chi connectivity index (χ2n) is 6.66. The highest BCUT2D eigenvalue weighted by Crippen LogP contribution is 2.20. The number of nitrogens with one attached hydrogen (secondary N) is 1. The molecule has 0 radical (unpaired) electrons. The molecule has 0 unspecified atom stereocenters.